The fourth-order valence-corrected chi connectivity index (χ4v) is 2.94. The third-order valence-electron chi connectivity index (χ3n) is 4.17. The Morgan fingerprint density at radius 2 is 1.67 bits per heavy atom. The number of para-hydroxylation sites is 2. The fraction of sp³-hybridized carbons (Fsp3) is 0.100. The van der Waals surface area contributed by atoms with E-state index in [0.717, 1.165) is 33.3 Å². The number of ketones is 1. The standard InChI is InChI=1S/C20H16NO2.BrH/c1-14-21(18-8-4-5-9-20(18)23-14)13-19(22)17-11-10-15-6-2-3-7-16(15)12-17;/h2-12H,13H2,1H3;1H/q+1;/p-1. The molecule has 1 heterocycles. The van der Waals surface area contributed by atoms with Gasteiger partial charge >= 0.3 is 5.89 Å². The Kier molecular flexibility index (Phi) is 4.49. The lowest BCUT2D eigenvalue weighted by Gasteiger charge is -2.01. The molecule has 0 aliphatic rings. The number of nitrogens with zero attached hydrogens (tertiary/aromatic N) is 1. The number of halogens is 1. The van der Waals surface area contributed by atoms with Crippen molar-refractivity contribution in [2.45, 2.75) is 13.5 Å². The first-order valence-corrected chi connectivity index (χ1v) is 7.62. The number of carbonyl (C=O) groups excluding carboxylic acids is 1. The van der Waals surface area contributed by atoms with Crippen molar-refractivity contribution in [1.29, 1.82) is 0 Å². The summed E-state index contributed by atoms with van der Waals surface area (Å²) in [5.74, 6) is 0.816. The zero-order valence-corrected chi connectivity index (χ0v) is 14.8. The molecule has 0 fully saturated rings. The summed E-state index contributed by atoms with van der Waals surface area (Å²) in [7, 11) is 0. The number of carbonyl (C=O) groups is 1. The van der Waals surface area contributed by atoms with Crippen molar-refractivity contribution in [1.82, 2.24) is 0 Å². The quantitative estimate of drug-likeness (QED) is 0.393. The molecule has 0 N–H and O–H groups in total. The van der Waals surface area contributed by atoms with E-state index in [4.69, 9.17) is 4.42 Å². The number of hydrogen-bond acceptors (Lipinski definition) is 2. The Balaban J connectivity index is 0.00000169. The minimum atomic E-state index is 0. The molecule has 4 heteroatoms. The molecule has 4 rings (SSSR count). The number of oxazole rings is 1. The third kappa shape index (κ3) is 2.85. The topological polar surface area (TPSA) is 34.1 Å². The number of rotatable bonds is 3. The first-order valence-electron chi connectivity index (χ1n) is 7.62. The number of benzene rings is 3. The molecule has 0 atom stereocenters. The van der Waals surface area contributed by atoms with Crippen molar-refractivity contribution < 1.29 is 30.8 Å². The summed E-state index contributed by atoms with van der Waals surface area (Å²) >= 11 is 0. The highest BCUT2D eigenvalue weighted by Crippen LogP contribution is 2.17. The zero-order valence-electron chi connectivity index (χ0n) is 13.2. The molecule has 0 radical (unpaired) electrons. The fourth-order valence-electron chi connectivity index (χ4n) is 2.94. The second-order valence-electron chi connectivity index (χ2n) is 5.66. The summed E-state index contributed by atoms with van der Waals surface area (Å²) < 4.78 is 7.64. The maximum Gasteiger partial charge on any atom is 0.345 e. The van der Waals surface area contributed by atoms with Crippen LogP contribution in [0.2, 0.25) is 0 Å². The van der Waals surface area contributed by atoms with Crippen molar-refractivity contribution in [2.75, 3.05) is 0 Å². The Morgan fingerprint density at radius 1 is 0.958 bits per heavy atom. The highest BCUT2D eigenvalue weighted by molar-refractivity contribution is 5.99. The third-order valence-corrected chi connectivity index (χ3v) is 4.17. The first-order chi connectivity index (χ1) is 11.2. The first kappa shape index (κ1) is 16.4. The van der Waals surface area contributed by atoms with Gasteiger partial charge in [0.05, 0.1) is 6.92 Å². The maximum absolute atomic E-state index is 12.7. The molecular weight excluding hydrogens is 366 g/mol. The molecule has 0 unspecified atom stereocenters. The van der Waals surface area contributed by atoms with Crippen LogP contribution in [0, 0.1) is 6.92 Å². The average molecular weight is 382 g/mol. The predicted molar refractivity (Wildman–Crippen MR) is 89.4 cm³/mol. The van der Waals surface area contributed by atoms with E-state index in [1.165, 1.54) is 0 Å². The summed E-state index contributed by atoms with van der Waals surface area (Å²) in [6.07, 6.45) is 0. The van der Waals surface area contributed by atoms with E-state index in [-0.39, 0.29) is 29.3 Å². The van der Waals surface area contributed by atoms with Crippen LogP contribution < -0.4 is 21.5 Å². The molecule has 24 heavy (non-hydrogen) atoms. The summed E-state index contributed by atoms with van der Waals surface area (Å²) in [4.78, 5) is 12.7. The number of Topliss-reactive ketones (excluding diaryl/α,β-unsaturated/α-hetero) is 1. The minimum Gasteiger partial charge on any atom is -1.00 e. The molecule has 4 aromatic rings. The van der Waals surface area contributed by atoms with Crippen molar-refractivity contribution in [3.05, 3.63) is 78.2 Å². The highest BCUT2D eigenvalue weighted by atomic mass is 79.9. The molecule has 0 saturated heterocycles. The molecule has 0 aliphatic carbocycles. The second kappa shape index (κ2) is 6.57. The SMILES string of the molecule is Cc1oc2ccccc2[n+]1CC(=O)c1ccc2ccccc2c1.[Br-]. The van der Waals surface area contributed by atoms with E-state index in [2.05, 4.69) is 0 Å². The van der Waals surface area contributed by atoms with Crippen molar-refractivity contribution in [3.8, 4) is 0 Å². The van der Waals surface area contributed by atoms with Crippen molar-refractivity contribution >= 4 is 27.7 Å². The zero-order chi connectivity index (χ0) is 15.8. The van der Waals surface area contributed by atoms with E-state index in [1.54, 1.807) is 0 Å². The van der Waals surface area contributed by atoms with Gasteiger partial charge in [0.15, 0.2) is 0 Å². The number of hydrogen-bond donors (Lipinski definition) is 0. The van der Waals surface area contributed by atoms with Crippen LogP contribution >= 0.6 is 0 Å². The van der Waals surface area contributed by atoms with E-state index >= 15 is 0 Å². The van der Waals surface area contributed by atoms with Gasteiger partial charge in [-0.25, -0.2) is 0 Å². The molecular formula is C20H16BrNO2. The molecule has 120 valence electrons. The summed E-state index contributed by atoms with van der Waals surface area (Å²) in [6.45, 7) is 2.16. The minimum absolute atomic E-state index is 0. The summed E-state index contributed by atoms with van der Waals surface area (Å²) in [5, 5.41) is 2.22. The Bertz CT molecular complexity index is 1040. The van der Waals surface area contributed by atoms with Gasteiger partial charge in [-0.2, -0.15) is 4.57 Å². The number of aryl methyl sites for hydroxylation is 1. The van der Waals surface area contributed by atoms with E-state index in [0.29, 0.717) is 0 Å². The van der Waals surface area contributed by atoms with Crippen LogP contribution in [-0.4, -0.2) is 5.78 Å². The van der Waals surface area contributed by atoms with Crippen LogP contribution in [0.4, 0.5) is 0 Å². The second-order valence-corrected chi connectivity index (χ2v) is 5.66. The van der Waals surface area contributed by atoms with Crippen molar-refractivity contribution in [3.63, 3.8) is 0 Å². The van der Waals surface area contributed by atoms with Gasteiger partial charge < -0.3 is 21.4 Å². The Hall–Kier alpha value is -2.46. The lowest BCUT2D eigenvalue weighted by molar-refractivity contribution is -0.668. The maximum atomic E-state index is 12.7. The molecule has 0 aliphatic heterocycles. The van der Waals surface area contributed by atoms with E-state index in [1.807, 2.05) is 78.2 Å². The van der Waals surface area contributed by atoms with Gasteiger partial charge in [0.25, 0.3) is 5.52 Å². The Morgan fingerprint density at radius 3 is 2.50 bits per heavy atom. The van der Waals surface area contributed by atoms with Crippen LogP contribution in [0.15, 0.2) is 71.1 Å². The van der Waals surface area contributed by atoms with Gasteiger partial charge in [0.2, 0.25) is 17.9 Å². The number of aromatic nitrogens is 1. The van der Waals surface area contributed by atoms with Gasteiger partial charge in [0, 0.05) is 11.6 Å². The number of fused-ring (bicyclic) bond motifs is 2. The van der Waals surface area contributed by atoms with Crippen LogP contribution in [0.5, 0.6) is 0 Å². The molecule has 0 amide bonds. The Labute approximate surface area is 150 Å². The van der Waals surface area contributed by atoms with E-state index < -0.39 is 0 Å². The smallest absolute Gasteiger partial charge is 0.345 e. The highest BCUT2D eigenvalue weighted by Gasteiger charge is 2.22. The molecule has 3 nitrogen and oxygen atoms in total. The van der Waals surface area contributed by atoms with Gasteiger partial charge in [-0.1, -0.05) is 48.5 Å². The van der Waals surface area contributed by atoms with Gasteiger partial charge in [-0.15, -0.1) is 0 Å². The van der Waals surface area contributed by atoms with Crippen LogP contribution in [0.1, 0.15) is 16.2 Å². The summed E-state index contributed by atoms with van der Waals surface area (Å²) in [6, 6.07) is 21.7. The lowest BCUT2D eigenvalue weighted by Crippen LogP contribution is -3.00. The lowest BCUT2D eigenvalue weighted by atomic mass is 10.0. The van der Waals surface area contributed by atoms with Crippen LogP contribution in [0.3, 0.4) is 0 Å². The van der Waals surface area contributed by atoms with E-state index in [9.17, 15) is 4.79 Å². The van der Waals surface area contributed by atoms with Gasteiger partial charge in [0.1, 0.15) is 0 Å². The predicted octanol–water partition coefficient (Wildman–Crippen LogP) is 1.07. The van der Waals surface area contributed by atoms with Crippen molar-refractivity contribution in [2.24, 2.45) is 0 Å². The molecule has 0 saturated carbocycles. The summed E-state index contributed by atoms with van der Waals surface area (Å²) in [5.41, 5.74) is 2.47. The van der Waals surface area contributed by atoms with Crippen LogP contribution in [-0.2, 0) is 6.54 Å². The molecule has 3 aromatic carbocycles. The average Bonchev–Trinajstić information content (AvgIpc) is 2.90. The molecule has 0 bridgehead atoms. The largest absolute Gasteiger partial charge is 1.00 e. The van der Waals surface area contributed by atoms with Gasteiger partial charge in [-0.3, -0.25) is 4.79 Å². The normalized spacial score (nSPS) is 10.7. The van der Waals surface area contributed by atoms with Crippen LogP contribution in [0.25, 0.3) is 21.9 Å². The molecule has 0 spiro atoms. The monoisotopic (exact) mass is 381 g/mol. The molecule has 1 aromatic heterocycles. The van der Waals surface area contributed by atoms with Gasteiger partial charge in [-0.05, 0) is 22.9 Å².